The van der Waals surface area contributed by atoms with Gasteiger partial charge in [-0.05, 0) is 6.92 Å². The maximum Gasteiger partial charge on any atom is 0.327 e. The van der Waals surface area contributed by atoms with E-state index in [-0.39, 0.29) is 6.15 Å². The average Bonchev–Trinajstić information content (AvgIpc) is 1.35. The highest BCUT2D eigenvalue weighted by Crippen LogP contribution is 1.65. The minimum absolute atomic E-state index is 0. The Morgan fingerprint density at radius 2 is 2.14 bits per heavy atom. The van der Waals surface area contributed by atoms with Crippen LogP contribution in [-0.2, 0) is 4.79 Å². The Morgan fingerprint density at radius 3 is 2.14 bits per heavy atom. The molecule has 0 aliphatic carbocycles. The van der Waals surface area contributed by atoms with Crippen LogP contribution in [0.25, 0.3) is 0 Å². The quantitative estimate of drug-likeness (QED) is 0.487. The van der Waals surface area contributed by atoms with E-state index in [0.29, 0.717) is 0 Å². The van der Waals surface area contributed by atoms with Crippen molar-refractivity contribution in [2.75, 3.05) is 0 Å². The first kappa shape index (κ1) is 9.48. The SMILES string of the molecule is C/C=C/C(=O)O.[NH4+]. The minimum Gasteiger partial charge on any atom is -0.478 e. The molecule has 5 N–H and O–H groups in total. The van der Waals surface area contributed by atoms with Crippen LogP contribution in [0.2, 0.25) is 0 Å². The number of carbonyl (C=O) groups is 1. The lowest BCUT2D eigenvalue weighted by Gasteiger charge is -1.68. The first-order valence-corrected chi connectivity index (χ1v) is 1.63. The second-order valence-electron chi connectivity index (χ2n) is 0.838. The zero-order valence-electron chi connectivity index (χ0n) is 4.51. The van der Waals surface area contributed by atoms with Gasteiger partial charge in [-0.2, -0.15) is 0 Å². The van der Waals surface area contributed by atoms with E-state index in [2.05, 4.69) is 0 Å². The number of carboxylic acid groups (broad SMARTS) is 1. The summed E-state index contributed by atoms with van der Waals surface area (Å²) in [5.74, 6) is -0.891. The summed E-state index contributed by atoms with van der Waals surface area (Å²) in [5.41, 5.74) is 0. The number of allylic oxidation sites excluding steroid dienone is 1. The molecule has 0 saturated heterocycles. The predicted molar refractivity (Wildman–Crippen MR) is 28.4 cm³/mol. The van der Waals surface area contributed by atoms with Crippen LogP contribution < -0.4 is 6.15 Å². The minimum atomic E-state index is -0.891. The van der Waals surface area contributed by atoms with Crippen molar-refractivity contribution in [2.24, 2.45) is 0 Å². The van der Waals surface area contributed by atoms with Gasteiger partial charge in [0.2, 0.25) is 0 Å². The molecular weight excluding hydrogens is 94.0 g/mol. The van der Waals surface area contributed by atoms with Crippen molar-refractivity contribution in [1.82, 2.24) is 6.15 Å². The van der Waals surface area contributed by atoms with Crippen molar-refractivity contribution >= 4 is 5.97 Å². The van der Waals surface area contributed by atoms with Crippen molar-refractivity contribution in [1.29, 1.82) is 0 Å². The van der Waals surface area contributed by atoms with E-state index in [9.17, 15) is 4.79 Å². The van der Waals surface area contributed by atoms with Crippen LogP contribution in [0.3, 0.4) is 0 Å². The lowest BCUT2D eigenvalue weighted by atomic mass is 10.5. The maximum atomic E-state index is 9.51. The Balaban J connectivity index is 0. The van der Waals surface area contributed by atoms with Crippen LogP contribution in [-0.4, -0.2) is 11.1 Å². The second kappa shape index (κ2) is 5.17. The largest absolute Gasteiger partial charge is 0.478 e. The first-order chi connectivity index (χ1) is 2.77. The lowest BCUT2D eigenvalue weighted by Crippen LogP contribution is -1.83. The smallest absolute Gasteiger partial charge is 0.327 e. The molecule has 0 saturated carbocycles. The molecule has 0 aliphatic rings. The third kappa shape index (κ3) is 11.0. The van der Waals surface area contributed by atoms with Gasteiger partial charge in [-0.25, -0.2) is 4.79 Å². The van der Waals surface area contributed by atoms with E-state index in [1.165, 1.54) is 6.08 Å². The molecule has 0 atom stereocenters. The maximum absolute atomic E-state index is 9.51. The second-order valence-corrected chi connectivity index (χ2v) is 0.838. The van der Waals surface area contributed by atoms with Gasteiger partial charge in [0, 0.05) is 6.08 Å². The summed E-state index contributed by atoms with van der Waals surface area (Å²) in [6.45, 7) is 1.66. The van der Waals surface area contributed by atoms with Gasteiger partial charge in [-0.15, -0.1) is 0 Å². The van der Waals surface area contributed by atoms with Crippen LogP contribution >= 0.6 is 0 Å². The van der Waals surface area contributed by atoms with Crippen molar-refractivity contribution in [2.45, 2.75) is 6.92 Å². The molecule has 0 heterocycles. The fraction of sp³-hybridized carbons (Fsp3) is 0.250. The molecule has 0 aromatic rings. The zero-order valence-corrected chi connectivity index (χ0v) is 4.51. The van der Waals surface area contributed by atoms with Crippen LogP contribution in [0, 0.1) is 0 Å². The van der Waals surface area contributed by atoms with Gasteiger partial charge in [-0.3, -0.25) is 0 Å². The van der Waals surface area contributed by atoms with Gasteiger partial charge in [0.25, 0.3) is 0 Å². The molecule has 0 radical (unpaired) electrons. The summed E-state index contributed by atoms with van der Waals surface area (Å²) in [6.07, 6.45) is 2.56. The van der Waals surface area contributed by atoms with Gasteiger partial charge < -0.3 is 11.3 Å². The Bertz CT molecular complexity index is 77.8. The molecule has 3 heteroatoms. The van der Waals surface area contributed by atoms with Gasteiger partial charge in [-0.1, -0.05) is 6.08 Å². The summed E-state index contributed by atoms with van der Waals surface area (Å²) in [5, 5.41) is 7.83. The molecule has 0 aromatic heterocycles. The van der Waals surface area contributed by atoms with Gasteiger partial charge in [0.15, 0.2) is 0 Å². The number of hydrogen-bond donors (Lipinski definition) is 2. The molecule has 3 nitrogen and oxygen atoms in total. The number of quaternary nitrogens is 1. The molecule has 0 aliphatic heterocycles. The van der Waals surface area contributed by atoms with E-state index in [1.54, 1.807) is 6.92 Å². The van der Waals surface area contributed by atoms with E-state index < -0.39 is 5.97 Å². The third-order valence-corrected chi connectivity index (χ3v) is 0.309. The van der Waals surface area contributed by atoms with Crippen LogP contribution in [0.5, 0.6) is 0 Å². The molecule has 0 bridgehead atoms. The number of aliphatic carboxylic acids is 1. The molecule has 0 fully saturated rings. The van der Waals surface area contributed by atoms with Gasteiger partial charge in [0.1, 0.15) is 0 Å². The Hall–Kier alpha value is -0.830. The zero-order chi connectivity index (χ0) is 4.99. The monoisotopic (exact) mass is 104 g/mol. The lowest BCUT2D eigenvalue weighted by molar-refractivity contribution is -0.131. The molecule has 0 amide bonds. The van der Waals surface area contributed by atoms with Crippen molar-refractivity contribution in [3.8, 4) is 0 Å². The van der Waals surface area contributed by atoms with Crippen molar-refractivity contribution < 1.29 is 9.90 Å². The fourth-order valence-electron chi connectivity index (χ4n) is 0.143. The normalized spacial score (nSPS) is 8.14. The molecule has 0 unspecified atom stereocenters. The molecule has 7 heavy (non-hydrogen) atoms. The van der Waals surface area contributed by atoms with Crippen LogP contribution in [0.15, 0.2) is 12.2 Å². The highest BCUT2D eigenvalue weighted by Gasteiger charge is 1.76. The topological polar surface area (TPSA) is 73.8 Å². The summed E-state index contributed by atoms with van der Waals surface area (Å²) in [7, 11) is 0. The van der Waals surface area contributed by atoms with E-state index in [4.69, 9.17) is 5.11 Å². The highest BCUT2D eigenvalue weighted by atomic mass is 16.4. The molecule has 0 spiro atoms. The average molecular weight is 104 g/mol. The van der Waals surface area contributed by atoms with Crippen molar-refractivity contribution in [3.05, 3.63) is 12.2 Å². The van der Waals surface area contributed by atoms with Crippen molar-refractivity contribution in [3.63, 3.8) is 0 Å². The molecule has 0 aromatic carbocycles. The first-order valence-electron chi connectivity index (χ1n) is 1.63. The number of rotatable bonds is 1. The Labute approximate surface area is 42.2 Å². The van der Waals surface area contributed by atoms with Crippen LogP contribution in [0.4, 0.5) is 0 Å². The number of carboxylic acids is 1. The van der Waals surface area contributed by atoms with Gasteiger partial charge >= 0.3 is 5.97 Å². The third-order valence-electron chi connectivity index (χ3n) is 0.309. The standard InChI is InChI=1S/C4H6O2.H3N/c1-2-3-4(5)6;/h2-3H,1H3,(H,5,6);1H3/p+1/b3-2+;. The summed E-state index contributed by atoms with van der Waals surface area (Å²) >= 11 is 0. The number of hydrogen-bond acceptors (Lipinski definition) is 1. The summed E-state index contributed by atoms with van der Waals surface area (Å²) in [6, 6.07) is 0. The van der Waals surface area contributed by atoms with E-state index in [1.807, 2.05) is 0 Å². The Morgan fingerprint density at radius 1 is 1.71 bits per heavy atom. The molecule has 0 rings (SSSR count). The van der Waals surface area contributed by atoms with E-state index in [0.717, 1.165) is 6.08 Å². The highest BCUT2D eigenvalue weighted by molar-refractivity contribution is 5.79. The fourth-order valence-corrected chi connectivity index (χ4v) is 0.143. The molecular formula is C4H10NO2+. The van der Waals surface area contributed by atoms with E-state index >= 15 is 0 Å². The predicted octanol–water partition coefficient (Wildman–Crippen LogP) is 1.02. The Kier molecular flexibility index (Phi) is 7.00. The van der Waals surface area contributed by atoms with Crippen LogP contribution in [0.1, 0.15) is 6.92 Å². The molecule has 42 valence electrons. The van der Waals surface area contributed by atoms with Gasteiger partial charge in [0.05, 0.1) is 0 Å². The summed E-state index contributed by atoms with van der Waals surface area (Å²) in [4.78, 5) is 9.51. The summed E-state index contributed by atoms with van der Waals surface area (Å²) < 4.78 is 0.